The maximum atomic E-state index is 13.0. The molecule has 1 fully saturated rings. The summed E-state index contributed by atoms with van der Waals surface area (Å²) in [6.07, 6.45) is -0.372. The monoisotopic (exact) mass is 298 g/mol. The van der Waals surface area contributed by atoms with Crippen LogP contribution >= 0.6 is 0 Å². The minimum Gasteiger partial charge on any atom is -0.398 e. The largest absolute Gasteiger partial charge is 0.398 e. The number of nitrogens with zero attached hydrogens (tertiary/aromatic N) is 3. The van der Waals surface area contributed by atoms with Crippen molar-refractivity contribution < 1.29 is 13.5 Å². The van der Waals surface area contributed by atoms with E-state index in [-0.39, 0.29) is 23.0 Å². The van der Waals surface area contributed by atoms with Gasteiger partial charge in [0.15, 0.2) is 0 Å². The highest BCUT2D eigenvalue weighted by molar-refractivity contribution is 5.96. The molecule has 9 heteroatoms. The van der Waals surface area contributed by atoms with Gasteiger partial charge in [-0.3, -0.25) is 5.41 Å². The van der Waals surface area contributed by atoms with Crippen LogP contribution in [0.2, 0.25) is 0 Å². The summed E-state index contributed by atoms with van der Waals surface area (Å²) < 4.78 is 31.1. The number of nitrogen functional groups attached to an aromatic ring is 1. The molecule has 1 aliphatic rings. The second kappa shape index (κ2) is 6.44. The second-order valence-electron chi connectivity index (χ2n) is 4.41. The van der Waals surface area contributed by atoms with Crippen LogP contribution in [0.5, 0.6) is 0 Å². The van der Waals surface area contributed by atoms with E-state index in [2.05, 4.69) is 9.97 Å². The molecular weight excluding hydrogens is 282 g/mol. The van der Waals surface area contributed by atoms with Crippen LogP contribution in [0.25, 0.3) is 5.70 Å². The van der Waals surface area contributed by atoms with Gasteiger partial charge in [0, 0.05) is 36.6 Å². The third-order valence-electron chi connectivity index (χ3n) is 3.00. The van der Waals surface area contributed by atoms with Crippen LogP contribution in [-0.2, 0) is 4.74 Å². The van der Waals surface area contributed by atoms with Crippen molar-refractivity contribution in [3.8, 4) is 0 Å². The van der Waals surface area contributed by atoms with Crippen molar-refractivity contribution in [1.29, 1.82) is 5.41 Å². The van der Waals surface area contributed by atoms with Crippen LogP contribution in [0.15, 0.2) is 12.3 Å². The highest BCUT2D eigenvalue weighted by Crippen LogP contribution is 2.24. The first-order chi connectivity index (χ1) is 9.99. The summed E-state index contributed by atoms with van der Waals surface area (Å²) in [5.74, 6) is -0.113. The van der Waals surface area contributed by atoms with E-state index in [1.165, 1.54) is 6.08 Å². The predicted molar refractivity (Wildman–Crippen MR) is 73.7 cm³/mol. The summed E-state index contributed by atoms with van der Waals surface area (Å²) in [5.41, 5.74) is 10.6. The predicted octanol–water partition coefficient (Wildman–Crippen LogP) is 0.605. The first-order valence-corrected chi connectivity index (χ1v) is 6.28. The van der Waals surface area contributed by atoms with Gasteiger partial charge in [-0.1, -0.05) is 0 Å². The molecule has 0 atom stereocenters. The van der Waals surface area contributed by atoms with E-state index in [9.17, 15) is 8.78 Å². The molecule has 0 unspecified atom stereocenters. The summed E-state index contributed by atoms with van der Waals surface area (Å²) >= 11 is 0. The van der Waals surface area contributed by atoms with Gasteiger partial charge in [0.05, 0.1) is 13.2 Å². The SMILES string of the molecule is N=C(C=C(N)c1cnc(N)nc1C(F)F)N1CCOCC1. The number of aromatic nitrogens is 2. The third-order valence-corrected chi connectivity index (χ3v) is 3.00. The van der Waals surface area contributed by atoms with Gasteiger partial charge in [-0.15, -0.1) is 0 Å². The van der Waals surface area contributed by atoms with Gasteiger partial charge >= 0.3 is 0 Å². The van der Waals surface area contributed by atoms with E-state index < -0.39 is 12.1 Å². The number of hydrogen-bond donors (Lipinski definition) is 3. The minimum atomic E-state index is -2.82. The quantitative estimate of drug-likeness (QED) is 0.556. The van der Waals surface area contributed by atoms with Crippen LogP contribution in [0.1, 0.15) is 17.7 Å². The number of nitrogens with one attached hydrogen (secondary N) is 1. The number of ether oxygens (including phenoxy) is 1. The van der Waals surface area contributed by atoms with Crippen molar-refractivity contribution >= 4 is 17.5 Å². The van der Waals surface area contributed by atoms with Crippen molar-refractivity contribution in [2.24, 2.45) is 5.73 Å². The first-order valence-electron chi connectivity index (χ1n) is 6.28. The molecule has 0 spiro atoms. The number of anilines is 1. The van der Waals surface area contributed by atoms with Crippen molar-refractivity contribution in [3.05, 3.63) is 23.5 Å². The van der Waals surface area contributed by atoms with Crippen molar-refractivity contribution in [3.63, 3.8) is 0 Å². The molecule has 0 amide bonds. The van der Waals surface area contributed by atoms with Crippen LogP contribution in [0.3, 0.4) is 0 Å². The molecule has 0 radical (unpaired) electrons. The van der Waals surface area contributed by atoms with Gasteiger partial charge < -0.3 is 21.1 Å². The summed E-state index contributed by atoms with van der Waals surface area (Å²) in [6.45, 7) is 2.15. The summed E-state index contributed by atoms with van der Waals surface area (Å²) in [6, 6.07) is 0. The lowest BCUT2D eigenvalue weighted by Crippen LogP contribution is -2.39. The van der Waals surface area contributed by atoms with Gasteiger partial charge in [-0.2, -0.15) is 0 Å². The molecule has 7 nitrogen and oxygen atoms in total. The van der Waals surface area contributed by atoms with E-state index in [0.717, 1.165) is 6.20 Å². The van der Waals surface area contributed by atoms with E-state index in [1.54, 1.807) is 4.90 Å². The Morgan fingerprint density at radius 2 is 2.10 bits per heavy atom. The average Bonchev–Trinajstić information content (AvgIpc) is 2.47. The summed E-state index contributed by atoms with van der Waals surface area (Å²) in [7, 11) is 0. The Hall–Kier alpha value is -2.29. The molecule has 5 N–H and O–H groups in total. The van der Waals surface area contributed by atoms with Gasteiger partial charge in [-0.05, 0) is 0 Å². The molecule has 0 bridgehead atoms. The molecule has 21 heavy (non-hydrogen) atoms. The normalized spacial score (nSPS) is 16.3. The highest BCUT2D eigenvalue weighted by Gasteiger charge is 2.19. The van der Waals surface area contributed by atoms with Crippen LogP contribution < -0.4 is 11.5 Å². The zero-order valence-corrected chi connectivity index (χ0v) is 11.2. The van der Waals surface area contributed by atoms with Gasteiger partial charge in [0.2, 0.25) is 5.95 Å². The van der Waals surface area contributed by atoms with Gasteiger partial charge in [0.25, 0.3) is 6.43 Å². The third kappa shape index (κ3) is 3.63. The Kier molecular flexibility index (Phi) is 4.63. The zero-order valence-electron chi connectivity index (χ0n) is 11.2. The lowest BCUT2D eigenvalue weighted by atomic mass is 10.1. The highest BCUT2D eigenvalue weighted by atomic mass is 19.3. The van der Waals surface area contributed by atoms with E-state index in [4.69, 9.17) is 21.6 Å². The Morgan fingerprint density at radius 3 is 2.71 bits per heavy atom. The molecule has 2 rings (SSSR count). The van der Waals surface area contributed by atoms with E-state index in [1.807, 2.05) is 0 Å². The fourth-order valence-electron chi connectivity index (χ4n) is 1.92. The molecule has 1 aliphatic heterocycles. The fraction of sp³-hybridized carbons (Fsp3) is 0.417. The molecule has 1 aromatic rings. The van der Waals surface area contributed by atoms with E-state index >= 15 is 0 Å². The number of nitrogens with two attached hydrogens (primary N) is 2. The van der Waals surface area contributed by atoms with Crippen LogP contribution in [-0.4, -0.2) is 47.0 Å². The molecule has 0 saturated carbocycles. The average molecular weight is 298 g/mol. The van der Waals surface area contributed by atoms with E-state index in [0.29, 0.717) is 26.3 Å². The molecule has 0 aromatic carbocycles. The minimum absolute atomic E-state index is 0.00166. The van der Waals surface area contributed by atoms with Crippen molar-refractivity contribution in [1.82, 2.24) is 14.9 Å². The molecule has 2 heterocycles. The number of morpholine rings is 1. The zero-order chi connectivity index (χ0) is 15.4. The Balaban J connectivity index is 2.24. The number of hydrogen-bond acceptors (Lipinski definition) is 6. The smallest absolute Gasteiger partial charge is 0.281 e. The van der Waals surface area contributed by atoms with Gasteiger partial charge in [-0.25, -0.2) is 18.7 Å². The van der Waals surface area contributed by atoms with Gasteiger partial charge in [0.1, 0.15) is 11.5 Å². The lowest BCUT2D eigenvalue weighted by molar-refractivity contribution is 0.0681. The molecule has 1 aromatic heterocycles. The molecule has 114 valence electrons. The van der Waals surface area contributed by atoms with Crippen molar-refractivity contribution in [2.75, 3.05) is 32.0 Å². The fourth-order valence-corrected chi connectivity index (χ4v) is 1.92. The molecular formula is C12H16F2N6O. The Labute approximate surface area is 120 Å². The topological polar surface area (TPSA) is 114 Å². The number of alkyl halides is 2. The maximum Gasteiger partial charge on any atom is 0.281 e. The first kappa shape index (κ1) is 15.1. The molecule has 1 saturated heterocycles. The maximum absolute atomic E-state index is 13.0. The number of halogens is 2. The number of rotatable bonds is 3. The standard InChI is InChI=1S/C12H16F2N6O/c13-11(14)10-7(6-18-12(17)19-10)8(15)5-9(16)20-1-3-21-4-2-20/h5-6,11,16H,1-4,15H2,(H2,17,18,19). The van der Waals surface area contributed by atoms with Crippen LogP contribution in [0.4, 0.5) is 14.7 Å². The summed E-state index contributed by atoms with van der Waals surface area (Å²) in [4.78, 5) is 8.92. The number of amidine groups is 1. The van der Waals surface area contributed by atoms with Crippen molar-refractivity contribution in [2.45, 2.75) is 6.43 Å². The molecule has 0 aliphatic carbocycles. The Bertz CT molecular complexity index is 557. The second-order valence-corrected chi connectivity index (χ2v) is 4.41. The Morgan fingerprint density at radius 1 is 1.43 bits per heavy atom. The summed E-state index contributed by atoms with van der Waals surface area (Å²) in [5, 5.41) is 7.94. The van der Waals surface area contributed by atoms with Crippen LogP contribution in [0, 0.1) is 5.41 Å². The lowest BCUT2D eigenvalue weighted by Gasteiger charge is -2.27.